The second-order valence-corrected chi connectivity index (χ2v) is 4.53. The molecule has 5 N–H and O–H groups in total. The third-order valence-electron chi connectivity index (χ3n) is 2.38. The van der Waals surface area contributed by atoms with Gasteiger partial charge in [-0.2, -0.15) is 0 Å². The van der Waals surface area contributed by atoms with Gasteiger partial charge in [-0.05, 0) is 24.5 Å². The lowest BCUT2D eigenvalue weighted by molar-refractivity contribution is 0.100. The predicted molar refractivity (Wildman–Crippen MR) is 68.7 cm³/mol. The summed E-state index contributed by atoms with van der Waals surface area (Å²) in [5.74, 6) is 0.559. The van der Waals surface area contributed by atoms with E-state index in [1.165, 1.54) is 0 Å². The molecule has 0 fully saturated rings. The minimum absolute atomic E-state index is 0.0396. The molecule has 0 aliphatic rings. The first kappa shape index (κ1) is 13.4. The molecule has 0 aliphatic carbocycles. The molecule has 17 heavy (non-hydrogen) atoms. The summed E-state index contributed by atoms with van der Waals surface area (Å²) in [5.41, 5.74) is 11.6. The minimum Gasteiger partial charge on any atom is -0.368 e. The lowest BCUT2D eigenvalue weighted by Crippen LogP contribution is -2.31. The number of nitrogens with two attached hydrogens (primary N) is 2. The maximum Gasteiger partial charge on any atom is 0.252 e. The summed E-state index contributed by atoms with van der Waals surface area (Å²) in [6.45, 7) is 4.82. The summed E-state index contributed by atoms with van der Waals surface area (Å²) in [6.07, 6.45) is 2.54. The molecule has 0 radical (unpaired) electrons. The number of amides is 1. The molecule has 1 heterocycles. The van der Waals surface area contributed by atoms with E-state index in [9.17, 15) is 4.79 Å². The fourth-order valence-corrected chi connectivity index (χ4v) is 1.66. The van der Waals surface area contributed by atoms with Gasteiger partial charge in [-0.3, -0.25) is 4.79 Å². The first-order valence-corrected chi connectivity index (χ1v) is 5.75. The van der Waals surface area contributed by atoms with E-state index in [2.05, 4.69) is 24.1 Å². The Morgan fingerprint density at radius 2 is 2.24 bits per heavy atom. The molecule has 94 valence electrons. The van der Waals surface area contributed by atoms with Crippen molar-refractivity contribution in [3.05, 3.63) is 23.9 Å². The summed E-state index contributed by atoms with van der Waals surface area (Å²) < 4.78 is 0. The number of carbonyl (C=O) groups is 1. The van der Waals surface area contributed by atoms with Crippen LogP contribution in [0.25, 0.3) is 0 Å². The average Bonchev–Trinajstić information content (AvgIpc) is 2.25. The Labute approximate surface area is 102 Å². The fraction of sp³-hybridized carbons (Fsp3) is 0.500. The Morgan fingerprint density at radius 3 is 2.82 bits per heavy atom. The van der Waals surface area contributed by atoms with Crippen LogP contribution in [-0.4, -0.2) is 23.5 Å². The van der Waals surface area contributed by atoms with Gasteiger partial charge in [0.05, 0.1) is 5.56 Å². The molecule has 1 aromatic heterocycles. The predicted octanol–water partition coefficient (Wildman–Crippen LogP) is 0.966. The van der Waals surface area contributed by atoms with Gasteiger partial charge in [0, 0.05) is 18.8 Å². The number of anilines is 1. The van der Waals surface area contributed by atoms with E-state index in [1.54, 1.807) is 18.3 Å². The maximum atomic E-state index is 11.2. The molecular weight excluding hydrogens is 216 g/mol. The highest BCUT2D eigenvalue weighted by Crippen LogP contribution is 2.11. The quantitative estimate of drug-likeness (QED) is 0.686. The van der Waals surface area contributed by atoms with E-state index in [0.29, 0.717) is 23.8 Å². The number of nitrogens with zero attached hydrogens (tertiary/aromatic N) is 1. The van der Waals surface area contributed by atoms with Crippen molar-refractivity contribution in [2.24, 2.45) is 17.4 Å². The molecule has 0 aliphatic heterocycles. The molecular formula is C12H20N4O. The van der Waals surface area contributed by atoms with Crippen molar-refractivity contribution >= 4 is 11.7 Å². The largest absolute Gasteiger partial charge is 0.368 e. The smallest absolute Gasteiger partial charge is 0.252 e. The van der Waals surface area contributed by atoms with E-state index < -0.39 is 5.91 Å². The number of hydrogen-bond acceptors (Lipinski definition) is 4. The topological polar surface area (TPSA) is 94.0 Å². The Hall–Kier alpha value is -1.62. The van der Waals surface area contributed by atoms with E-state index in [1.807, 2.05) is 0 Å². The van der Waals surface area contributed by atoms with Crippen molar-refractivity contribution < 1.29 is 4.79 Å². The summed E-state index contributed by atoms with van der Waals surface area (Å²) >= 11 is 0. The third-order valence-corrected chi connectivity index (χ3v) is 2.38. The molecule has 0 saturated carbocycles. The first-order valence-electron chi connectivity index (χ1n) is 5.75. The summed E-state index contributed by atoms with van der Waals surface area (Å²) in [7, 11) is 0. The van der Waals surface area contributed by atoms with E-state index in [4.69, 9.17) is 11.5 Å². The SMILES string of the molecule is CC(C)CC(N)CNc1ncccc1C(N)=O. The molecule has 1 atom stereocenters. The highest BCUT2D eigenvalue weighted by atomic mass is 16.1. The number of carbonyl (C=O) groups excluding carboxylic acids is 1. The fourth-order valence-electron chi connectivity index (χ4n) is 1.66. The van der Waals surface area contributed by atoms with Crippen LogP contribution in [0.5, 0.6) is 0 Å². The van der Waals surface area contributed by atoms with E-state index >= 15 is 0 Å². The van der Waals surface area contributed by atoms with Crippen LogP contribution in [0.1, 0.15) is 30.6 Å². The van der Waals surface area contributed by atoms with Crippen LogP contribution in [0.2, 0.25) is 0 Å². The van der Waals surface area contributed by atoms with Gasteiger partial charge >= 0.3 is 0 Å². The van der Waals surface area contributed by atoms with Crippen molar-refractivity contribution in [3.8, 4) is 0 Å². The van der Waals surface area contributed by atoms with Gasteiger partial charge in [-0.15, -0.1) is 0 Å². The van der Waals surface area contributed by atoms with Crippen molar-refractivity contribution in [3.63, 3.8) is 0 Å². The molecule has 5 heteroatoms. The second-order valence-electron chi connectivity index (χ2n) is 4.53. The van der Waals surface area contributed by atoms with Gasteiger partial charge in [-0.25, -0.2) is 4.98 Å². The van der Waals surface area contributed by atoms with Gasteiger partial charge in [0.15, 0.2) is 0 Å². The van der Waals surface area contributed by atoms with Crippen LogP contribution in [0.4, 0.5) is 5.82 Å². The van der Waals surface area contributed by atoms with Crippen LogP contribution < -0.4 is 16.8 Å². The Morgan fingerprint density at radius 1 is 1.53 bits per heavy atom. The van der Waals surface area contributed by atoms with Crippen LogP contribution in [0.3, 0.4) is 0 Å². The highest BCUT2D eigenvalue weighted by Gasteiger charge is 2.10. The third kappa shape index (κ3) is 4.40. The first-order chi connectivity index (χ1) is 8.00. The number of pyridine rings is 1. The summed E-state index contributed by atoms with van der Waals surface area (Å²) in [5, 5.41) is 3.06. The molecule has 1 amide bonds. The lowest BCUT2D eigenvalue weighted by atomic mass is 10.0. The number of hydrogen-bond donors (Lipinski definition) is 3. The zero-order valence-corrected chi connectivity index (χ0v) is 10.3. The molecule has 0 spiro atoms. The van der Waals surface area contributed by atoms with Crippen molar-refractivity contribution in [2.45, 2.75) is 26.3 Å². The minimum atomic E-state index is -0.488. The molecule has 1 rings (SSSR count). The normalized spacial score (nSPS) is 12.5. The van der Waals surface area contributed by atoms with Crippen LogP contribution in [0.15, 0.2) is 18.3 Å². The van der Waals surface area contributed by atoms with Gasteiger partial charge in [0.1, 0.15) is 5.82 Å². The molecule has 0 bridgehead atoms. The van der Waals surface area contributed by atoms with Crippen molar-refractivity contribution in [1.82, 2.24) is 4.98 Å². The monoisotopic (exact) mass is 236 g/mol. The summed E-state index contributed by atoms with van der Waals surface area (Å²) in [6, 6.07) is 3.36. The zero-order chi connectivity index (χ0) is 12.8. The standard InChI is InChI=1S/C12H20N4O/c1-8(2)6-9(13)7-16-12-10(11(14)17)4-3-5-15-12/h3-5,8-9H,6-7,13H2,1-2H3,(H2,14,17)(H,15,16). The number of rotatable bonds is 6. The zero-order valence-electron chi connectivity index (χ0n) is 10.3. The summed E-state index contributed by atoms with van der Waals surface area (Å²) in [4.78, 5) is 15.2. The van der Waals surface area contributed by atoms with Gasteiger partial charge in [0.2, 0.25) is 0 Å². The number of nitrogens with one attached hydrogen (secondary N) is 1. The number of primary amides is 1. The molecule has 0 saturated heterocycles. The van der Waals surface area contributed by atoms with Gasteiger partial charge < -0.3 is 16.8 Å². The van der Waals surface area contributed by atoms with E-state index in [-0.39, 0.29) is 6.04 Å². The Balaban J connectivity index is 2.60. The van der Waals surface area contributed by atoms with Gasteiger partial charge in [-0.1, -0.05) is 13.8 Å². The molecule has 1 unspecified atom stereocenters. The second kappa shape index (κ2) is 6.20. The maximum absolute atomic E-state index is 11.2. The van der Waals surface area contributed by atoms with Crippen molar-refractivity contribution in [2.75, 3.05) is 11.9 Å². The Kier molecular flexibility index (Phi) is 4.90. The highest BCUT2D eigenvalue weighted by molar-refractivity contribution is 5.97. The Bertz CT molecular complexity index is 379. The molecule has 0 aromatic carbocycles. The van der Waals surface area contributed by atoms with Crippen molar-refractivity contribution in [1.29, 1.82) is 0 Å². The average molecular weight is 236 g/mol. The molecule has 5 nitrogen and oxygen atoms in total. The number of aromatic nitrogens is 1. The lowest BCUT2D eigenvalue weighted by Gasteiger charge is -2.16. The van der Waals surface area contributed by atoms with Crippen LogP contribution in [-0.2, 0) is 0 Å². The van der Waals surface area contributed by atoms with Crippen LogP contribution >= 0.6 is 0 Å². The van der Waals surface area contributed by atoms with Crippen LogP contribution in [0, 0.1) is 5.92 Å². The van der Waals surface area contributed by atoms with E-state index in [0.717, 1.165) is 6.42 Å². The molecule has 1 aromatic rings. The van der Waals surface area contributed by atoms with Gasteiger partial charge in [0.25, 0.3) is 5.91 Å².